The first-order valence-electron chi connectivity index (χ1n) is 8.83. The lowest BCUT2D eigenvalue weighted by Crippen LogP contribution is -1.82. The molecule has 0 spiro atoms. The van der Waals surface area contributed by atoms with Gasteiger partial charge in [-0.2, -0.15) is 0 Å². The van der Waals surface area contributed by atoms with E-state index in [2.05, 4.69) is 27.7 Å². The molecule has 0 aromatic rings. The molecule has 0 radical (unpaired) electrons. The van der Waals surface area contributed by atoms with Gasteiger partial charge in [0, 0.05) is 0 Å². The minimum absolute atomic E-state index is 1.25. The summed E-state index contributed by atoms with van der Waals surface area (Å²) in [6, 6.07) is 0. The van der Waals surface area contributed by atoms with Gasteiger partial charge in [-0.3, -0.25) is 0 Å². The maximum absolute atomic E-state index is 2.29. The lowest BCUT2D eigenvalue weighted by atomic mass is 10.1. The second-order valence-electron chi connectivity index (χ2n) is 5.60. The third kappa shape index (κ3) is 25.0. The van der Waals surface area contributed by atoms with Crippen molar-refractivity contribution < 1.29 is 0 Å². The second-order valence-corrected chi connectivity index (χ2v) is 5.60. The molecule has 0 atom stereocenters. The van der Waals surface area contributed by atoms with Crippen molar-refractivity contribution in [3.8, 4) is 0 Å². The van der Waals surface area contributed by atoms with Crippen LogP contribution in [-0.2, 0) is 0 Å². The molecule has 0 aliphatic rings. The zero-order valence-electron chi connectivity index (χ0n) is 13.9. The summed E-state index contributed by atoms with van der Waals surface area (Å²) in [5, 5.41) is 0. The first-order chi connectivity index (χ1) is 8.83. The van der Waals surface area contributed by atoms with Crippen LogP contribution in [0, 0.1) is 0 Å². The molecule has 0 N–H and O–H groups in total. The Morgan fingerprint density at radius 3 is 0.667 bits per heavy atom. The van der Waals surface area contributed by atoms with E-state index in [0.717, 1.165) is 0 Å². The fourth-order valence-electron chi connectivity index (χ4n) is 2.09. The number of hydrogen-bond acceptors (Lipinski definition) is 0. The summed E-state index contributed by atoms with van der Waals surface area (Å²) in [5.74, 6) is 0. The van der Waals surface area contributed by atoms with E-state index < -0.39 is 0 Å². The highest BCUT2D eigenvalue weighted by Crippen LogP contribution is 2.12. The summed E-state index contributed by atoms with van der Waals surface area (Å²) >= 11 is 0. The SMILES string of the molecule is CCC.CCCCCCCCCCCCCCC. The molecule has 0 amide bonds. The predicted molar refractivity (Wildman–Crippen MR) is 87.3 cm³/mol. The molecule has 112 valence electrons. The highest BCUT2D eigenvalue weighted by atomic mass is 14.0. The molecular weight excluding hydrogens is 216 g/mol. The quantitative estimate of drug-likeness (QED) is 0.317. The molecule has 18 heavy (non-hydrogen) atoms. The van der Waals surface area contributed by atoms with E-state index in [1.807, 2.05) is 0 Å². The predicted octanol–water partition coefficient (Wildman–Crippen LogP) is 7.51. The lowest BCUT2D eigenvalue weighted by Gasteiger charge is -2.01. The lowest BCUT2D eigenvalue weighted by molar-refractivity contribution is 0.542. The highest BCUT2D eigenvalue weighted by Gasteiger charge is 1.92. The van der Waals surface area contributed by atoms with Gasteiger partial charge in [-0.05, 0) is 0 Å². The number of rotatable bonds is 12. The molecule has 0 aliphatic carbocycles. The van der Waals surface area contributed by atoms with Gasteiger partial charge in [0.1, 0.15) is 0 Å². The molecule has 0 saturated carbocycles. The Kier molecular flexibility index (Phi) is 25.1. The minimum Gasteiger partial charge on any atom is -0.0656 e. The molecule has 0 heterocycles. The van der Waals surface area contributed by atoms with Crippen molar-refractivity contribution in [1.29, 1.82) is 0 Å². The topological polar surface area (TPSA) is 0 Å². The molecule has 0 aliphatic heterocycles. The zero-order valence-corrected chi connectivity index (χ0v) is 13.9. The van der Waals surface area contributed by atoms with E-state index in [1.165, 1.54) is 89.9 Å². The van der Waals surface area contributed by atoms with Crippen molar-refractivity contribution in [3.63, 3.8) is 0 Å². The van der Waals surface area contributed by atoms with Gasteiger partial charge in [-0.25, -0.2) is 0 Å². The first kappa shape index (κ1) is 20.3. The van der Waals surface area contributed by atoms with Gasteiger partial charge in [0.15, 0.2) is 0 Å². The van der Waals surface area contributed by atoms with E-state index in [-0.39, 0.29) is 0 Å². The van der Waals surface area contributed by atoms with Crippen LogP contribution in [0.1, 0.15) is 118 Å². The van der Waals surface area contributed by atoms with E-state index in [1.54, 1.807) is 0 Å². The van der Waals surface area contributed by atoms with Crippen LogP contribution in [0.25, 0.3) is 0 Å². The van der Waals surface area contributed by atoms with Crippen molar-refractivity contribution in [1.82, 2.24) is 0 Å². The third-order valence-electron chi connectivity index (χ3n) is 3.21. The van der Waals surface area contributed by atoms with Crippen molar-refractivity contribution in [2.45, 2.75) is 118 Å². The maximum Gasteiger partial charge on any atom is -0.0533 e. The maximum atomic E-state index is 2.29. The monoisotopic (exact) mass is 256 g/mol. The van der Waals surface area contributed by atoms with Crippen LogP contribution in [-0.4, -0.2) is 0 Å². The summed E-state index contributed by atoms with van der Waals surface area (Å²) < 4.78 is 0. The molecule has 0 nitrogen and oxygen atoms in total. The Balaban J connectivity index is 0. The van der Waals surface area contributed by atoms with Gasteiger partial charge in [-0.15, -0.1) is 0 Å². The third-order valence-corrected chi connectivity index (χ3v) is 3.21. The molecule has 0 unspecified atom stereocenters. The van der Waals surface area contributed by atoms with Gasteiger partial charge in [-0.1, -0.05) is 118 Å². The van der Waals surface area contributed by atoms with Crippen LogP contribution in [0.3, 0.4) is 0 Å². The summed E-state index contributed by atoms with van der Waals surface area (Å²) in [4.78, 5) is 0. The van der Waals surface area contributed by atoms with Gasteiger partial charge >= 0.3 is 0 Å². The molecule has 0 fully saturated rings. The van der Waals surface area contributed by atoms with Crippen molar-refractivity contribution in [2.75, 3.05) is 0 Å². The van der Waals surface area contributed by atoms with E-state index in [9.17, 15) is 0 Å². The highest BCUT2D eigenvalue weighted by molar-refractivity contribution is 4.47. The molecule has 0 aromatic heterocycles. The Labute approximate surface area is 118 Å². The van der Waals surface area contributed by atoms with Crippen LogP contribution < -0.4 is 0 Å². The van der Waals surface area contributed by atoms with Crippen molar-refractivity contribution >= 4 is 0 Å². The average molecular weight is 257 g/mol. The number of unbranched alkanes of at least 4 members (excludes halogenated alkanes) is 12. The van der Waals surface area contributed by atoms with Gasteiger partial charge in [0.05, 0.1) is 0 Å². The summed E-state index contributed by atoms with van der Waals surface area (Å²) in [6.45, 7) is 8.83. The second kappa shape index (κ2) is 22.2. The number of hydrogen-bond donors (Lipinski definition) is 0. The Bertz CT molecular complexity index is 94.6. The molecule has 0 heteroatoms. The van der Waals surface area contributed by atoms with E-state index in [4.69, 9.17) is 0 Å². The van der Waals surface area contributed by atoms with Gasteiger partial charge < -0.3 is 0 Å². The fraction of sp³-hybridized carbons (Fsp3) is 1.00. The molecule has 0 saturated heterocycles. The average Bonchev–Trinajstić information content (AvgIpc) is 2.37. The zero-order chi connectivity index (χ0) is 13.9. The Hall–Kier alpha value is 0. The first-order valence-corrected chi connectivity index (χ1v) is 8.83. The molecule has 0 aromatic carbocycles. The van der Waals surface area contributed by atoms with E-state index in [0.29, 0.717) is 0 Å². The van der Waals surface area contributed by atoms with Crippen LogP contribution in [0.2, 0.25) is 0 Å². The van der Waals surface area contributed by atoms with Crippen LogP contribution in [0.5, 0.6) is 0 Å². The van der Waals surface area contributed by atoms with E-state index >= 15 is 0 Å². The van der Waals surface area contributed by atoms with Crippen molar-refractivity contribution in [2.24, 2.45) is 0 Å². The van der Waals surface area contributed by atoms with Crippen LogP contribution >= 0.6 is 0 Å². The van der Waals surface area contributed by atoms with Gasteiger partial charge in [0.2, 0.25) is 0 Å². The van der Waals surface area contributed by atoms with Crippen molar-refractivity contribution in [3.05, 3.63) is 0 Å². The summed E-state index contributed by atoms with van der Waals surface area (Å²) in [5.41, 5.74) is 0. The molecule has 0 rings (SSSR count). The molecule has 0 bridgehead atoms. The minimum atomic E-state index is 1.25. The Morgan fingerprint density at radius 2 is 0.500 bits per heavy atom. The standard InChI is InChI=1S/C15H32.C3H8/c1-3-5-7-9-11-13-15-14-12-10-8-6-4-2;1-3-2/h3-15H2,1-2H3;3H2,1-2H3. The van der Waals surface area contributed by atoms with Crippen LogP contribution in [0.15, 0.2) is 0 Å². The fourth-order valence-corrected chi connectivity index (χ4v) is 2.09. The summed E-state index contributed by atoms with van der Waals surface area (Å²) in [6.07, 6.45) is 20.2. The summed E-state index contributed by atoms with van der Waals surface area (Å²) in [7, 11) is 0. The smallest absolute Gasteiger partial charge is 0.0533 e. The van der Waals surface area contributed by atoms with Gasteiger partial charge in [0.25, 0.3) is 0 Å². The normalized spacial score (nSPS) is 10.0. The largest absolute Gasteiger partial charge is 0.0656 e. The van der Waals surface area contributed by atoms with Crippen LogP contribution in [0.4, 0.5) is 0 Å². The Morgan fingerprint density at radius 1 is 0.333 bits per heavy atom. The molecular formula is C18H40.